The Morgan fingerprint density at radius 2 is 1.90 bits per heavy atom. The van der Waals surface area contributed by atoms with Gasteiger partial charge in [0.15, 0.2) is 0 Å². The molecule has 0 radical (unpaired) electrons. The summed E-state index contributed by atoms with van der Waals surface area (Å²) in [6.45, 7) is 7.61. The zero-order valence-electron chi connectivity index (χ0n) is 18.7. The molecule has 0 bridgehead atoms. The van der Waals surface area contributed by atoms with Crippen molar-refractivity contribution in [3.63, 3.8) is 0 Å². The fourth-order valence-electron chi connectivity index (χ4n) is 4.42. The molecule has 2 atom stereocenters. The van der Waals surface area contributed by atoms with Crippen LogP contribution in [0.2, 0.25) is 0 Å². The zero-order valence-corrected chi connectivity index (χ0v) is 18.7. The number of piperidine rings is 1. The van der Waals surface area contributed by atoms with E-state index in [0.29, 0.717) is 6.42 Å². The molecular formula is C26H32N2O3. The van der Waals surface area contributed by atoms with E-state index in [9.17, 15) is 4.79 Å². The van der Waals surface area contributed by atoms with Crippen molar-refractivity contribution in [3.05, 3.63) is 65.5 Å². The number of fused-ring (bicyclic) bond motifs is 1. The first kappa shape index (κ1) is 21.6. The molecule has 31 heavy (non-hydrogen) atoms. The molecule has 4 rings (SSSR count). The molecule has 1 amide bonds. The van der Waals surface area contributed by atoms with Crippen LogP contribution in [-0.2, 0) is 9.53 Å². The van der Waals surface area contributed by atoms with Crippen LogP contribution in [0.1, 0.15) is 68.9 Å². The summed E-state index contributed by atoms with van der Waals surface area (Å²) in [5.74, 6) is 1.23. The number of amides is 1. The predicted octanol–water partition coefficient (Wildman–Crippen LogP) is 5.14. The quantitative estimate of drug-likeness (QED) is 0.649. The minimum absolute atomic E-state index is 0.103. The molecule has 0 saturated carbocycles. The highest BCUT2D eigenvalue weighted by Gasteiger charge is 2.30. The second-order valence-electron chi connectivity index (χ2n) is 8.59. The van der Waals surface area contributed by atoms with Crippen LogP contribution < -0.4 is 4.74 Å². The van der Waals surface area contributed by atoms with Gasteiger partial charge in [-0.3, -0.25) is 9.78 Å². The summed E-state index contributed by atoms with van der Waals surface area (Å²) in [6.07, 6.45) is 8.70. The van der Waals surface area contributed by atoms with Gasteiger partial charge in [-0.05, 0) is 43.2 Å². The number of carbonyl (C=O) groups excluding carboxylic acids is 1. The zero-order chi connectivity index (χ0) is 21.8. The maximum Gasteiger partial charge on any atom is 0.222 e. The summed E-state index contributed by atoms with van der Waals surface area (Å²) in [5, 5.41) is 0. The summed E-state index contributed by atoms with van der Waals surface area (Å²) >= 11 is 0. The molecule has 2 heterocycles. The summed E-state index contributed by atoms with van der Waals surface area (Å²) in [7, 11) is 0. The largest absolute Gasteiger partial charge is 0.490 e. The fraction of sp³-hybridized carbons (Fsp3) is 0.462. The highest BCUT2D eigenvalue weighted by atomic mass is 16.5. The first-order chi connectivity index (χ1) is 15.0. The SMILES string of the molecule is CCC(=O)N1CCC(Oc2ccc(C3C=Cc4cccnc4C3OC(C)C)cc2)CC1. The first-order valence-corrected chi connectivity index (χ1v) is 11.4. The van der Waals surface area contributed by atoms with Gasteiger partial charge in [0.05, 0.1) is 11.8 Å². The molecule has 1 aromatic carbocycles. The number of benzene rings is 1. The molecule has 0 N–H and O–H groups in total. The lowest BCUT2D eigenvalue weighted by molar-refractivity contribution is -0.132. The minimum Gasteiger partial charge on any atom is -0.490 e. The molecule has 1 aromatic heterocycles. The van der Waals surface area contributed by atoms with Crippen LogP contribution in [0.15, 0.2) is 48.7 Å². The van der Waals surface area contributed by atoms with Crippen LogP contribution in [-0.4, -0.2) is 41.1 Å². The number of aromatic nitrogens is 1. The molecule has 2 aliphatic rings. The summed E-state index contributed by atoms with van der Waals surface area (Å²) in [6, 6.07) is 12.4. The second-order valence-corrected chi connectivity index (χ2v) is 8.59. The molecule has 2 aromatic rings. The maximum atomic E-state index is 11.9. The van der Waals surface area contributed by atoms with Crippen molar-refractivity contribution in [1.82, 2.24) is 9.88 Å². The van der Waals surface area contributed by atoms with Crippen LogP contribution in [0.25, 0.3) is 6.08 Å². The lowest BCUT2D eigenvalue weighted by Crippen LogP contribution is -2.41. The van der Waals surface area contributed by atoms with Gasteiger partial charge in [-0.2, -0.15) is 0 Å². The Morgan fingerprint density at radius 3 is 2.58 bits per heavy atom. The smallest absolute Gasteiger partial charge is 0.222 e. The molecule has 5 heteroatoms. The van der Waals surface area contributed by atoms with Crippen molar-refractivity contribution in [3.8, 4) is 5.75 Å². The van der Waals surface area contributed by atoms with E-state index in [2.05, 4.69) is 49.2 Å². The third-order valence-corrected chi connectivity index (χ3v) is 6.03. The van der Waals surface area contributed by atoms with Crippen molar-refractivity contribution >= 4 is 12.0 Å². The topological polar surface area (TPSA) is 51.7 Å². The Hall–Kier alpha value is -2.66. The van der Waals surface area contributed by atoms with Crippen molar-refractivity contribution in [2.75, 3.05) is 13.1 Å². The van der Waals surface area contributed by atoms with E-state index >= 15 is 0 Å². The maximum absolute atomic E-state index is 11.9. The van der Waals surface area contributed by atoms with Gasteiger partial charge in [0, 0.05) is 44.5 Å². The Balaban J connectivity index is 1.44. The van der Waals surface area contributed by atoms with E-state index in [-0.39, 0.29) is 30.1 Å². The lowest BCUT2D eigenvalue weighted by Gasteiger charge is -2.32. The number of hydrogen-bond acceptors (Lipinski definition) is 4. The molecule has 164 valence electrons. The third-order valence-electron chi connectivity index (χ3n) is 6.03. The van der Waals surface area contributed by atoms with E-state index < -0.39 is 0 Å². The summed E-state index contributed by atoms with van der Waals surface area (Å²) in [5.41, 5.74) is 3.31. The second kappa shape index (κ2) is 9.65. The van der Waals surface area contributed by atoms with Gasteiger partial charge in [0.25, 0.3) is 0 Å². The number of likely N-dealkylation sites (tertiary alicyclic amines) is 1. The Labute approximate surface area is 185 Å². The molecule has 2 unspecified atom stereocenters. The Morgan fingerprint density at radius 1 is 1.16 bits per heavy atom. The number of ether oxygens (including phenoxy) is 2. The highest BCUT2D eigenvalue weighted by molar-refractivity contribution is 5.75. The van der Waals surface area contributed by atoms with Crippen molar-refractivity contribution in [1.29, 1.82) is 0 Å². The Bertz CT molecular complexity index is 915. The van der Waals surface area contributed by atoms with Crippen molar-refractivity contribution < 1.29 is 14.3 Å². The molecule has 1 aliphatic carbocycles. The number of nitrogens with zero attached hydrogens (tertiary/aromatic N) is 2. The summed E-state index contributed by atoms with van der Waals surface area (Å²) < 4.78 is 12.5. The van der Waals surface area contributed by atoms with Crippen LogP contribution in [0.4, 0.5) is 0 Å². The van der Waals surface area contributed by atoms with Gasteiger partial charge >= 0.3 is 0 Å². The van der Waals surface area contributed by atoms with Gasteiger partial charge in [0.1, 0.15) is 18.0 Å². The van der Waals surface area contributed by atoms with Gasteiger partial charge in [-0.25, -0.2) is 0 Å². The molecule has 0 spiro atoms. The van der Waals surface area contributed by atoms with Crippen LogP contribution in [0, 0.1) is 0 Å². The lowest BCUT2D eigenvalue weighted by atomic mass is 9.85. The van der Waals surface area contributed by atoms with E-state index in [4.69, 9.17) is 9.47 Å². The van der Waals surface area contributed by atoms with Gasteiger partial charge in [0.2, 0.25) is 5.91 Å². The van der Waals surface area contributed by atoms with E-state index in [1.807, 2.05) is 36.2 Å². The molecule has 1 aliphatic heterocycles. The predicted molar refractivity (Wildman–Crippen MR) is 122 cm³/mol. The number of pyridine rings is 1. The third kappa shape index (κ3) is 4.99. The molecule has 1 fully saturated rings. The van der Waals surface area contributed by atoms with Gasteiger partial charge < -0.3 is 14.4 Å². The van der Waals surface area contributed by atoms with Gasteiger partial charge in [-0.15, -0.1) is 0 Å². The average molecular weight is 421 g/mol. The van der Waals surface area contributed by atoms with Crippen LogP contribution >= 0.6 is 0 Å². The highest BCUT2D eigenvalue weighted by Crippen LogP contribution is 2.41. The standard InChI is InChI=1S/C26H32N2O3/c1-4-24(29)28-16-13-22(14-17-28)31-21-10-7-19(8-11-21)23-12-9-20-6-5-15-27-25(20)26(23)30-18(2)3/h5-12,15,18,22-23,26H,4,13-14,16-17H2,1-3H3. The van der Waals surface area contributed by atoms with E-state index in [0.717, 1.165) is 42.9 Å². The first-order valence-electron chi connectivity index (χ1n) is 11.4. The van der Waals surface area contributed by atoms with Crippen LogP contribution in [0.3, 0.4) is 0 Å². The summed E-state index contributed by atoms with van der Waals surface area (Å²) in [4.78, 5) is 18.4. The average Bonchev–Trinajstić information content (AvgIpc) is 2.79. The number of rotatable bonds is 6. The van der Waals surface area contributed by atoms with E-state index in [1.54, 1.807) is 0 Å². The van der Waals surface area contributed by atoms with Gasteiger partial charge in [-0.1, -0.05) is 37.3 Å². The van der Waals surface area contributed by atoms with E-state index in [1.165, 1.54) is 5.56 Å². The molecular weight excluding hydrogens is 388 g/mol. The normalized spacial score (nSPS) is 21.2. The number of carbonyl (C=O) groups is 1. The van der Waals surface area contributed by atoms with Crippen LogP contribution in [0.5, 0.6) is 5.75 Å². The van der Waals surface area contributed by atoms with Crippen molar-refractivity contribution in [2.24, 2.45) is 0 Å². The monoisotopic (exact) mass is 420 g/mol. The minimum atomic E-state index is -0.103. The molecule has 1 saturated heterocycles. The Kier molecular flexibility index (Phi) is 6.71. The van der Waals surface area contributed by atoms with Crippen molar-refractivity contribution in [2.45, 2.75) is 64.3 Å². The fourth-order valence-corrected chi connectivity index (χ4v) is 4.42. The molecule has 5 nitrogen and oxygen atoms in total. The number of hydrogen-bond donors (Lipinski definition) is 0.